The number of benzene rings is 1. The monoisotopic (exact) mass is 506 g/mol. The van der Waals surface area contributed by atoms with Gasteiger partial charge in [0.2, 0.25) is 0 Å². The van der Waals surface area contributed by atoms with E-state index in [4.69, 9.17) is 4.74 Å². The molecule has 0 radical (unpaired) electrons. The summed E-state index contributed by atoms with van der Waals surface area (Å²) in [6.45, 7) is 9.77. The van der Waals surface area contributed by atoms with Gasteiger partial charge >= 0.3 is 0 Å². The molecule has 1 unspecified atom stereocenters. The Balaban J connectivity index is 1.93. The van der Waals surface area contributed by atoms with Gasteiger partial charge < -0.3 is 18.8 Å². The van der Waals surface area contributed by atoms with Gasteiger partial charge in [0.25, 0.3) is 5.91 Å². The molecule has 0 fully saturated rings. The summed E-state index contributed by atoms with van der Waals surface area (Å²) in [6.07, 6.45) is 3.76. The molecule has 7 heteroatoms. The van der Waals surface area contributed by atoms with Crippen molar-refractivity contribution in [3.05, 3.63) is 33.4 Å². The topological polar surface area (TPSA) is 57.5 Å². The number of carbonyl (C=O) groups excluding carboxylic acids is 1. The molecule has 5 nitrogen and oxygen atoms in total. The summed E-state index contributed by atoms with van der Waals surface area (Å²) in [7, 11) is 1.63. The van der Waals surface area contributed by atoms with Gasteiger partial charge in [-0.2, -0.15) is 0 Å². The SMILES string of the molecule is CC[S+]([O-])c1cc2c(cc1OC)CCn1c3c(c(Br)c1-2)CCCCN(C(C)(C)C)C3=O. The van der Waals surface area contributed by atoms with E-state index in [1.54, 1.807) is 7.11 Å². The summed E-state index contributed by atoms with van der Waals surface area (Å²) in [4.78, 5) is 16.5. The second-order valence-corrected chi connectivity index (χ2v) is 11.8. The third kappa shape index (κ3) is 3.83. The molecule has 168 valence electrons. The first kappa shape index (κ1) is 22.7. The van der Waals surface area contributed by atoms with Gasteiger partial charge in [-0.25, -0.2) is 0 Å². The first-order valence-corrected chi connectivity index (χ1v) is 13.1. The molecule has 0 aliphatic carbocycles. The number of rotatable bonds is 3. The quantitative estimate of drug-likeness (QED) is 0.538. The first-order chi connectivity index (χ1) is 14.7. The molecule has 0 bridgehead atoms. The second-order valence-electron chi connectivity index (χ2n) is 9.27. The third-order valence-corrected chi connectivity index (χ3v) is 8.56. The van der Waals surface area contributed by atoms with Gasteiger partial charge in [0, 0.05) is 34.7 Å². The fourth-order valence-corrected chi connectivity index (χ4v) is 6.54. The number of hydrogen-bond donors (Lipinski definition) is 0. The smallest absolute Gasteiger partial charge is 0.271 e. The number of carbonyl (C=O) groups is 1. The van der Waals surface area contributed by atoms with E-state index < -0.39 is 11.2 Å². The normalized spacial score (nSPS) is 17.4. The highest BCUT2D eigenvalue weighted by Gasteiger charge is 2.37. The molecular weight excluding hydrogens is 476 g/mol. The van der Waals surface area contributed by atoms with Crippen molar-refractivity contribution in [2.45, 2.75) is 70.4 Å². The molecule has 0 saturated heterocycles. The summed E-state index contributed by atoms with van der Waals surface area (Å²) < 4.78 is 21.5. The van der Waals surface area contributed by atoms with Gasteiger partial charge in [-0.05, 0) is 97.7 Å². The van der Waals surface area contributed by atoms with Gasteiger partial charge in [-0.15, -0.1) is 0 Å². The molecule has 3 heterocycles. The predicted octanol–water partition coefficient (Wildman–Crippen LogP) is 5.19. The Morgan fingerprint density at radius 3 is 2.55 bits per heavy atom. The van der Waals surface area contributed by atoms with Gasteiger partial charge in [-0.3, -0.25) is 4.79 Å². The molecular formula is C24H31BrN2O3S. The van der Waals surface area contributed by atoms with E-state index in [2.05, 4.69) is 41.3 Å². The van der Waals surface area contributed by atoms with E-state index in [9.17, 15) is 9.35 Å². The molecule has 0 spiro atoms. The minimum absolute atomic E-state index is 0.114. The lowest BCUT2D eigenvalue weighted by molar-refractivity contribution is 0.0558. The molecule has 2 aromatic rings. The Morgan fingerprint density at radius 2 is 1.90 bits per heavy atom. The minimum Gasteiger partial charge on any atom is -0.611 e. The lowest BCUT2D eigenvalue weighted by atomic mass is 9.97. The van der Waals surface area contributed by atoms with Crippen LogP contribution in [0.5, 0.6) is 5.75 Å². The van der Waals surface area contributed by atoms with Crippen LogP contribution < -0.4 is 4.74 Å². The molecule has 1 amide bonds. The molecule has 2 aliphatic rings. The van der Waals surface area contributed by atoms with Crippen LogP contribution >= 0.6 is 15.9 Å². The number of fused-ring (bicyclic) bond motifs is 5. The zero-order valence-electron chi connectivity index (χ0n) is 19.0. The lowest BCUT2D eigenvalue weighted by Gasteiger charge is -2.37. The molecule has 2 aliphatic heterocycles. The van der Waals surface area contributed by atoms with E-state index in [0.717, 1.165) is 70.7 Å². The lowest BCUT2D eigenvalue weighted by Crippen LogP contribution is -2.47. The molecule has 4 rings (SSSR count). The summed E-state index contributed by atoms with van der Waals surface area (Å²) in [5.74, 6) is 1.33. The summed E-state index contributed by atoms with van der Waals surface area (Å²) in [5.41, 5.74) is 4.96. The molecule has 0 N–H and O–H groups in total. The van der Waals surface area contributed by atoms with Crippen LogP contribution in [0.3, 0.4) is 0 Å². The number of hydrogen-bond acceptors (Lipinski definition) is 3. The van der Waals surface area contributed by atoms with Crippen LogP contribution in [0.4, 0.5) is 0 Å². The van der Waals surface area contributed by atoms with Crippen molar-refractivity contribution in [2.24, 2.45) is 0 Å². The highest BCUT2D eigenvalue weighted by Crippen LogP contribution is 2.45. The maximum Gasteiger partial charge on any atom is 0.271 e. The summed E-state index contributed by atoms with van der Waals surface area (Å²) in [5, 5.41) is 0. The zero-order chi connectivity index (χ0) is 22.5. The largest absolute Gasteiger partial charge is 0.611 e. The van der Waals surface area contributed by atoms with Crippen LogP contribution in [0.25, 0.3) is 11.3 Å². The Kier molecular flexibility index (Phi) is 6.23. The van der Waals surface area contributed by atoms with Gasteiger partial charge in [0.05, 0.1) is 12.8 Å². The fraction of sp³-hybridized carbons (Fsp3) is 0.542. The van der Waals surface area contributed by atoms with Crippen LogP contribution in [-0.4, -0.2) is 44.9 Å². The molecule has 1 atom stereocenters. The van der Waals surface area contributed by atoms with Crippen molar-refractivity contribution in [3.63, 3.8) is 0 Å². The second kappa shape index (κ2) is 8.49. The van der Waals surface area contributed by atoms with Crippen LogP contribution in [0, 0.1) is 0 Å². The van der Waals surface area contributed by atoms with Crippen LogP contribution in [0.15, 0.2) is 21.5 Å². The number of methoxy groups -OCH3 is 1. The number of amides is 1. The maximum atomic E-state index is 13.8. The van der Waals surface area contributed by atoms with E-state index in [1.807, 2.05) is 24.0 Å². The van der Waals surface area contributed by atoms with Gasteiger partial charge in [0.15, 0.2) is 10.6 Å². The fourth-order valence-electron chi connectivity index (χ4n) is 4.80. The average Bonchev–Trinajstić information content (AvgIpc) is 3.00. The van der Waals surface area contributed by atoms with E-state index in [-0.39, 0.29) is 11.4 Å². The van der Waals surface area contributed by atoms with Crippen molar-refractivity contribution < 1.29 is 14.1 Å². The van der Waals surface area contributed by atoms with E-state index in [1.165, 1.54) is 5.56 Å². The van der Waals surface area contributed by atoms with Crippen LogP contribution in [-0.2, 0) is 30.6 Å². The van der Waals surface area contributed by atoms with Crippen LogP contribution in [0.2, 0.25) is 0 Å². The number of aromatic nitrogens is 1. The van der Waals surface area contributed by atoms with Crippen molar-refractivity contribution in [3.8, 4) is 17.0 Å². The highest BCUT2D eigenvalue weighted by molar-refractivity contribution is 9.10. The van der Waals surface area contributed by atoms with Crippen molar-refractivity contribution in [1.29, 1.82) is 0 Å². The third-order valence-electron chi connectivity index (χ3n) is 6.37. The molecule has 1 aromatic heterocycles. The van der Waals surface area contributed by atoms with Gasteiger partial charge in [0.1, 0.15) is 11.4 Å². The van der Waals surface area contributed by atoms with E-state index in [0.29, 0.717) is 11.5 Å². The zero-order valence-corrected chi connectivity index (χ0v) is 21.4. The standard InChI is InChI=1S/C24H31BrN2O3S/c1-6-31(29)19-14-17-15(13-18(19)30-5)10-12-26-21(17)20(25)16-9-7-8-11-27(24(2,3)4)23(28)22(16)26/h13-14H,6-12H2,1-5H3. The Hall–Kier alpha value is -1.44. The van der Waals surface area contributed by atoms with Crippen molar-refractivity contribution >= 4 is 33.0 Å². The Bertz CT molecular complexity index is 1030. The first-order valence-electron chi connectivity index (χ1n) is 11.0. The molecule has 0 saturated carbocycles. The maximum absolute atomic E-state index is 13.8. The Morgan fingerprint density at radius 1 is 1.16 bits per heavy atom. The molecule has 31 heavy (non-hydrogen) atoms. The number of halogens is 1. The van der Waals surface area contributed by atoms with Crippen molar-refractivity contribution in [2.75, 3.05) is 19.4 Å². The van der Waals surface area contributed by atoms with Gasteiger partial charge in [-0.1, -0.05) is 0 Å². The average molecular weight is 507 g/mol. The highest BCUT2D eigenvalue weighted by atomic mass is 79.9. The summed E-state index contributed by atoms with van der Waals surface area (Å²) in [6, 6.07) is 4.05. The number of aryl methyl sites for hydroxylation is 1. The van der Waals surface area contributed by atoms with Crippen molar-refractivity contribution in [1.82, 2.24) is 9.47 Å². The number of ether oxygens (including phenoxy) is 1. The van der Waals surface area contributed by atoms with E-state index >= 15 is 0 Å². The Labute approximate surface area is 196 Å². The predicted molar refractivity (Wildman–Crippen MR) is 129 cm³/mol. The minimum atomic E-state index is -1.13. The van der Waals surface area contributed by atoms with Crippen LogP contribution in [0.1, 0.15) is 62.2 Å². The summed E-state index contributed by atoms with van der Waals surface area (Å²) >= 11 is 2.74. The number of nitrogens with zero attached hydrogens (tertiary/aromatic N) is 2. The molecule has 1 aromatic carbocycles.